The van der Waals surface area contributed by atoms with E-state index in [1.165, 1.54) is 24.7 Å². The van der Waals surface area contributed by atoms with E-state index in [2.05, 4.69) is 25.4 Å². The third-order valence-corrected chi connectivity index (χ3v) is 4.47. The van der Waals surface area contributed by atoms with E-state index in [9.17, 15) is 31.1 Å². The number of halogens is 6. The lowest BCUT2D eigenvalue weighted by molar-refractivity contribution is -0.145. The molecule has 0 atom stereocenters. The Hall–Kier alpha value is -4.03. The minimum Gasteiger partial charge on any atom is -0.320 e. The third kappa shape index (κ3) is 4.91. The minimum absolute atomic E-state index is 0.204. The van der Waals surface area contributed by atoms with E-state index in [0.717, 1.165) is 17.1 Å². The van der Waals surface area contributed by atoms with E-state index in [1.807, 2.05) is 0 Å². The number of pyridine rings is 1. The second kappa shape index (κ2) is 8.15. The highest BCUT2D eigenvalue weighted by molar-refractivity contribution is 6.09. The molecule has 1 aromatic carbocycles. The molecule has 0 aliphatic rings. The smallest absolute Gasteiger partial charge is 0.320 e. The van der Waals surface area contributed by atoms with E-state index < -0.39 is 30.6 Å². The molecule has 0 spiro atoms. The molecule has 4 rings (SSSR count). The molecule has 0 bridgehead atoms. The number of carbonyl (C=O) groups is 1. The van der Waals surface area contributed by atoms with Gasteiger partial charge in [-0.1, -0.05) is 12.1 Å². The van der Waals surface area contributed by atoms with Crippen molar-refractivity contribution in [1.29, 1.82) is 0 Å². The first kappa shape index (κ1) is 22.2. The minimum atomic E-state index is -4.74. The predicted octanol–water partition coefficient (Wildman–Crippen LogP) is 4.72. The molecular weight excluding hydrogens is 454 g/mol. The van der Waals surface area contributed by atoms with Crippen molar-refractivity contribution < 1.29 is 31.1 Å². The number of carbonyl (C=O) groups excluding carboxylic acids is 1. The standard InChI is InChI=1S/C20H12F6N6O/c21-19(22,23)10-32-9-12(8-30-32)13-4-5-27-16-14(13)2-1-3-15(16)31-17(33)11-6-28-18(29-7-11)20(24,25)26/h1-9H,10H2,(H,31,33). The van der Waals surface area contributed by atoms with Crippen LogP contribution in [0.15, 0.2) is 55.2 Å². The number of fused-ring (bicyclic) bond motifs is 1. The van der Waals surface area contributed by atoms with Crippen LogP contribution in [0.1, 0.15) is 16.2 Å². The van der Waals surface area contributed by atoms with E-state index in [4.69, 9.17) is 0 Å². The Morgan fingerprint density at radius 1 is 0.970 bits per heavy atom. The number of anilines is 1. The van der Waals surface area contributed by atoms with Gasteiger partial charge in [0.1, 0.15) is 6.54 Å². The quantitative estimate of drug-likeness (QED) is 0.440. The van der Waals surface area contributed by atoms with Gasteiger partial charge in [-0.25, -0.2) is 9.97 Å². The Labute approximate surface area is 181 Å². The van der Waals surface area contributed by atoms with Crippen molar-refractivity contribution in [3.8, 4) is 11.1 Å². The van der Waals surface area contributed by atoms with Gasteiger partial charge in [0, 0.05) is 35.7 Å². The average Bonchev–Trinajstić information content (AvgIpc) is 3.19. The summed E-state index contributed by atoms with van der Waals surface area (Å²) in [6, 6.07) is 6.36. The molecule has 13 heteroatoms. The Morgan fingerprint density at radius 2 is 1.70 bits per heavy atom. The first-order chi connectivity index (χ1) is 15.5. The van der Waals surface area contributed by atoms with Crippen LogP contribution in [0.5, 0.6) is 0 Å². The molecule has 0 aliphatic heterocycles. The molecule has 0 radical (unpaired) electrons. The monoisotopic (exact) mass is 466 g/mol. The molecule has 1 amide bonds. The first-order valence-electron chi connectivity index (χ1n) is 9.19. The zero-order valence-electron chi connectivity index (χ0n) is 16.3. The number of nitrogens with one attached hydrogen (secondary N) is 1. The Balaban J connectivity index is 1.63. The summed E-state index contributed by atoms with van der Waals surface area (Å²) in [4.78, 5) is 23.0. The fourth-order valence-electron chi connectivity index (χ4n) is 3.09. The van der Waals surface area contributed by atoms with E-state index in [1.54, 1.807) is 18.2 Å². The molecular formula is C20H12F6N6O. The summed E-state index contributed by atoms with van der Waals surface area (Å²) in [7, 11) is 0. The fourth-order valence-corrected chi connectivity index (χ4v) is 3.09. The lowest BCUT2D eigenvalue weighted by atomic mass is 10.0. The van der Waals surface area contributed by atoms with Gasteiger partial charge in [-0.2, -0.15) is 31.4 Å². The SMILES string of the molecule is O=C(Nc1cccc2c(-c3cnn(CC(F)(F)F)c3)ccnc12)c1cnc(C(F)(F)F)nc1. The molecule has 170 valence electrons. The molecule has 0 unspecified atom stereocenters. The van der Waals surface area contributed by atoms with Crippen molar-refractivity contribution >= 4 is 22.5 Å². The molecule has 7 nitrogen and oxygen atoms in total. The summed E-state index contributed by atoms with van der Waals surface area (Å²) in [6.07, 6.45) is -3.72. The summed E-state index contributed by atoms with van der Waals surface area (Å²) in [6.45, 7) is -1.24. The molecule has 0 saturated carbocycles. The molecule has 1 N–H and O–H groups in total. The number of para-hydroxylation sites is 1. The van der Waals surface area contributed by atoms with Gasteiger partial charge in [-0.3, -0.25) is 14.5 Å². The van der Waals surface area contributed by atoms with Gasteiger partial charge in [0.15, 0.2) is 0 Å². The summed E-state index contributed by atoms with van der Waals surface area (Å²) in [5, 5.41) is 6.79. The molecule has 3 heterocycles. The average molecular weight is 466 g/mol. The molecule has 0 saturated heterocycles. The number of benzene rings is 1. The van der Waals surface area contributed by atoms with Crippen LogP contribution in [0.25, 0.3) is 22.0 Å². The van der Waals surface area contributed by atoms with Gasteiger partial charge in [0.2, 0.25) is 5.82 Å². The Kier molecular flexibility index (Phi) is 5.47. The van der Waals surface area contributed by atoms with Crippen LogP contribution < -0.4 is 5.32 Å². The van der Waals surface area contributed by atoms with Crippen LogP contribution in [0.4, 0.5) is 32.0 Å². The summed E-state index contributed by atoms with van der Waals surface area (Å²) in [5.41, 5.74) is 1.29. The van der Waals surface area contributed by atoms with Crippen molar-refractivity contribution in [2.24, 2.45) is 0 Å². The summed E-state index contributed by atoms with van der Waals surface area (Å²) >= 11 is 0. The largest absolute Gasteiger partial charge is 0.451 e. The molecule has 0 aliphatic carbocycles. The van der Waals surface area contributed by atoms with Crippen LogP contribution in [0.2, 0.25) is 0 Å². The highest BCUT2D eigenvalue weighted by Crippen LogP contribution is 2.31. The molecule has 33 heavy (non-hydrogen) atoms. The van der Waals surface area contributed by atoms with Gasteiger partial charge < -0.3 is 5.32 Å². The fraction of sp³-hybridized carbons (Fsp3) is 0.150. The topological polar surface area (TPSA) is 85.6 Å². The number of amides is 1. The van der Waals surface area contributed by atoms with E-state index >= 15 is 0 Å². The molecule has 3 aromatic heterocycles. The summed E-state index contributed by atoms with van der Waals surface area (Å²) in [5.74, 6) is -2.14. The Bertz CT molecular complexity index is 1310. The number of alkyl halides is 6. The third-order valence-electron chi connectivity index (χ3n) is 4.47. The summed E-state index contributed by atoms with van der Waals surface area (Å²) < 4.78 is 76.5. The van der Waals surface area contributed by atoms with Crippen molar-refractivity contribution in [2.75, 3.05) is 5.32 Å². The van der Waals surface area contributed by atoms with E-state index in [-0.39, 0.29) is 11.3 Å². The van der Waals surface area contributed by atoms with Gasteiger partial charge in [0.05, 0.1) is 23.0 Å². The van der Waals surface area contributed by atoms with Crippen molar-refractivity contribution in [1.82, 2.24) is 24.7 Å². The van der Waals surface area contributed by atoms with Crippen LogP contribution in [-0.4, -0.2) is 36.8 Å². The highest BCUT2D eigenvalue weighted by atomic mass is 19.4. The van der Waals surface area contributed by atoms with Crippen LogP contribution in [0.3, 0.4) is 0 Å². The highest BCUT2D eigenvalue weighted by Gasteiger charge is 2.34. The number of hydrogen-bond acceptors (Lipinski definition) is 5. The van der Waals surface area contributed by atoms with Gasteiger partial charge in [0.25, 0.3) is 5.91 Å². The second-order valence-corrected chi connectivity index (χ2v) is 6.85. The van der Waals surface area contributed by atoms with Gasteiger partial charge in [-0.05, 0) is 17.7 Å². The lowest BCUT2D eigenvalue weighted by Gasteiger charge is -2.11. The molecule has 0 fully saturated rings. The molecule has 4 aromatic rings. The zero-order chi connectivity index (χ0) is 23.8. The second-order valence-electron chi connectivity index (χ2n) is 6.85. The van der Waals surface area contributed by atoms with Crippen molar-refractivity contribution in [3.05, 3.63) is 66.6 Å². The van der Waals surface area contributed by atoms with E-state index in [0.29, 0.717) is 22.0 Å². The predicted molar refractivity (Wildman–Crippen MR) is 104 cm³/mol. The Morgan fingerprint density at radius 3 is 2.36 bits per heavy atom. The first-order valence-corrected chi connectivity index (χ1v) is 9.19. The van der Waals surface area contributed by atoms with Gasteiger partial charge >= 0.3 is 12.4 Å². The van der Waals surface area contributed by atoms with Crippen LogP contribution >= 0.6 is 0 Å². The zero-order valence-corrected chi connectivity index (χ0v) is 16.3. The number of nitrogens with zero attached hydrogens (tertiary/aromatic N) is 5. The number of rotatable bonds is 4. The maximum absolute atomic E-state index is 12.6. The number of hydrogen-bond donors (Lipinski definition) is 1. The van der Waals surface area contributed by atoms with Crippen LogP contribution in [0, 0.1) is 0 Å². The number of aromatic nitrogens is 5. The lowest BCUT2D eigenvalue weighted by Crippen LogP contribution is -2.17. The maximum Gasteiger partial charge on any atom is 0.451 e. The van der Waals surface area contributed by atoms with Crippen LogP contribution in [-0.2, 0) is 12.7 Å². The normalized spacial score (nSPS) is 12.2. The van der Waals surface area contributed by atoms with Crippen molar-refractivity contribution in [3.63, 3.8) is 0 Å². The van der Waals surface area contributed by atoms with Gasteiger partial charge in [-0.15, -0.1) is 0 Å². The van der Waals surface area contributed by atoms with Crippen molar-refractivity contribution in [2.45, 2.75) is 18.9 Å². The maximum atomic E-state index is 12.6.